The van der Waals surface area contributed by atoms with Crippen LogP contribution in [-0.4, -0.2) is 41.4 Å². The molecular formula is C21H21N5O3. The van der Waals surface area contributed by atoms with E-state index >= 15 is 0 Å². The molecule has 0 saturated carbocycles. The van der Waals surface area contributed by atoms with Gasteiger partial charge < -0.3 is 5.32 Å². The standard InChI is InChI=1S/C21H21N5O3/c1-12-7-9-15(10-8-12)26-20(28)18-19(21(26)29)25(24-23-18)11-17(27)22-16-6-4-5-13(2)14(16)3/h4-10,18-19H,11H2,1-3H3,(H,22,27)/t18-,19-/m1/s1. The quantitative estimate of drug-likeness (QED) is 0.811. The molecule has 8 nitrogen and oxygen atoms in total. The number of imide groups is 1. The van der Waals surface area contributed by atoms with Crippen molar-refractivity contribution in [3.63, 3.8) is 0 Å². The lowest BCUT2D eigenvalue weighted by Gasteiger charge is -2.20. The molecule has 0 spiro atoms. The van der Waals surface area contributed by atoms with Crippen molar-refractivity contribution in [2.24, 2.45) is 10.3 Å². The molecule has 2 aromatic rings. The topological polar surface area (TPSA) is 94.4 Å². The zero-order valence-corrected chi connectivity index (χ0v) is 16.4. The molecule has 0 radical (unpaired) electrons. The number of hydrogen-bond donors (Lipinski definition) is 1. The molecule has 29 heavy (non-hydrogen) atoms. The maximum atomic E-state index is 12.9. The fourth-order valence-corrected chi connectivity index (χ4v) is 3.53. The monoisotopic (exact) mass is 391 g/mol. The van der Waals surface area contributed by atoms with Crippen LogP contribution in [0.4, 0.5) is 11.4 Å². The third kappa shape index (κ3) is 3.26. The molecule has 2 atom stereocenters. The third-order valence-electron chi connectivity index (χ3n) is 5.33. The Morgan fingerprint density at radius 3 is 2.48 bits per heavy atom. The molecule has 2 heterocycles. The van der Waals surface area contributed by atoms with E-state index in [1.807, 2.05) is 51.1 Å². The zero-order chi connectivity index (χ0) is 20.7. The molecule has 1 N–H and O–H groups in total. The van der Waals surface area contributed by atoms with E-state index in [0.29, 0.717) is 11.4 Å². The van der Waals surface area contributed by atoms with Gasteiger partial charge in [0, 0.05) is 5.69 Å². The Balaban J connectivity index is 1.49. The molecule has 1 saturated heterocycles. The Labute approximate surface area is 168 Å². The number of nitrogens with one attached hydrogen (secondary N) is 1. The van der Waals surface area contributed by atoms with Crippen molar-refractivity contribution in [1.82, 2.24) is 5.01 Å². The van der Waals surface area contributed by atoms with Crippen LogP contribution in [-0.2, 0) is 14.4 Å². The van der Waals surface area contributed by atoms with Crippen LogP contribution in [0, 0.1) is 20.8 Å². The highest BCUT2D eigenvalue weighted by atomic mass is 16.2. The number of hydrogen-bond acceptors (Lipinski definition) is 6. The van der Waals surface area contributed by atoms with Gasteiger partial charge in [-0.25, -0.2) is 4.90 Å². The molecule has 3 amide bonds. The van der Waals surface area contributed by atoms with E-state index in [4.69, 9.17) is 0 Å². The van der Waals surface area contributed by atoms with Crippen LogP contribution >= 0.6 is 0 Å². The number of benzene rings is 2. The molecule has 148 valence electrons. The Hall–Kier alpha value is -3.55. The van der Waals surface area contributed by atoms with Gasteiger partial charge in [0.2, 0.25) is 5.91 Å². The van der Waals surface area contributed by atoms with Gasteiger partial charge in [-0.15, -0.1) is 0 Å². The highest BCUT2D eigenvalue weighted by molar-refractivity contribution is 6.25. The van der Waals surface area contributed by atoms with Gasteiger partial charge in [0.05, 0.1) is 5.69 Å². The van der Waals surface area contributed by atoms with Crippen molar-refractivity contribution < 1.29 is 14.4 Å². The van der Waals surface area contributed by atoms with Crippen molar-refractivity contribution >= 4 is 29.1 Å². The minimum absolute atomic E-state index is 0.168. The number of aryl methyl sites for hydroxylation is 2. The number of anilines is 2. The molecular weight excluding hydrogens is 370 g/mol. The van der Waals surface area contributed by atoms with Crippen LogP contribution in [0.1, 0.15) is 16.7 Å². The summed E-state index contributed by atoms with van der Waals surface area (Å²) in [5.74, 6) is -1.18. The van der Waals surface area contributed by atoms with Crippen molar-refractivity contribution in [3.8, 4) is 0 Å². The number of rotatable bonds is 4. The van der Waals surface area contributed by atoms with E-state index in [1.165, 1.54) is 5.01 Å². The third-order valence-corrected chi connectivity index (χ3v) is 5.33. The van der Waals surface area contributed by atoms with Crippen LogP contribution in [0.3, 0.4) is 0 Å². The number of nitrogens with zero attached hydrogens (tertiary/aromatic N) is 4. The Bertz CT molecular complexity index is 1030. The molecule has 2 aliphatic rings. The van der Waals surface area contributed by atoms with Crippen molar-refractivity contribution in [2.45, 2.75) is 32.9 Å². The summed E-state index contributed by atoms with van der Waals surface area (Å²) in [4.78, 5) is 39.3. The van der Waals surface area contributed by atoms with Gasteiger partial charge >= 0.3 is 0 Å². The number of carbonyl (C=O) groups is 3. The van der Waals surface area contributed by atoms with Crippen LogP contribution in [0.15, 0.2) is 52.8 Å². The van der Waals surface area contributed by atoms with Crippen LogP contribution < -0.4 is 10.2 Å². The SMILES string of the molecule is Cc1ccc(N2C(=O)[C@@H]3N=NN(CC(=O)Nc4cccc(C)c4C)[C@H]3C2=O)cc1. The average Bonchev–Trinajstić information content (AvgIpc) is 3.20. The van der Waals surface area contributed by atoms with E-state index in [2.05, 4.69) is 15.7 Å². The second kappa shape index (κ2) is 7.12. The highest BCUT2D eigenvalue weighted by Gasteiger charge is 2.55. The molecule has 2 aromatic carbocycles. The summed E-state index contributed by atoms with van der Waals surface area (Å²) in [6, 6.07) is 10.9. The van der Waals surface area contributed by atoms with Crippen molar-refractivity contribution in [3.05, 3.63) is 59.2 Å². The van der Waals surface area contributed by atoms with Gasteiger partial charge in [-0.2, -0.15) is 5.11 Å². The Kier molecular flexibility index (Phi) is 4.62. The van der Waals surface area contributed by atoms with Gasteiger partial charge in [-0.05, 0) is 50.1 Å². The molecule has 0 unspecified atom stereocenters. The maximum absolute atomic E-state index is 12.9. The predicted octanol–water partition coefficient (Wildman–Crippen LogP) is 2.54. The number of fused-ring (bicyclic) bond motifs is 1. The fraction of sp³-hybridized carbons (Fsp3) is 0.286. The van der Waals surface area contributed by atoms with Crippen molar-refractivity contribution in [1.29, 1.82) is 0 Å². The first-order chi connectivity index (χ1) is 13.9. The minimum Gasteiger partial charge on any atom is -0.324 e. The maximum Gasteiger partial charge on any atom is 0.263 e. The van der Waals surface area contributed by atoms with Crippen molar-refractivity contribution in [2.75, 3.05) is 16.8 Å². The first-order valence-electron chi connectivity index (χ1n) is 9.35. The molecule has 4 rings (SSSR count). The predicted molar refractivity (Wildman–Crippen MR) is 107 cm³/mol. The van der Waals surface area contributed by atoms with Gasteiger partial charge in [-0.1, -0.05) is 35.1 Å². The fourth-order valence-electron chi connectivity index (χ4n) is 3.53. The highest BCUT2D eigenvalue weighted by Crippen LogP contribution is 2.32. The van der Waals surface area contributed by atoms with Gasteiger partial charge in [0.15, 0.2) is 12.1 Å². The lowest BCUT2D eigenvalue weighted by atomic mass is 10.1. The Morgan fingerprint density at radius 2 is 1.76 bits per heavy atom. The lowest BCUT2D eigenvalue weighted by Crippen LogP contribution is -2.43. The normalized spacial score (nSPS) is 20.4. The van der Waals surface area contributed by atoms with E-state index < -0.39 is 23.9 Å². The average molecular weight is 391 g/mol. The molecule has 8 heteroatoms. The number of carbonyl (C=O) groups excluding carboxylic acids is 3. The summed E-state index contributed by atoms with van der Waals surface area (Å²) in [5, 5.41) is 12.0. The molecule has 0 bridgehead atoms. The first-order valence-corrected chi connectivity index (χ1v) is 9.35. The molecule has 2 aliphatic heterocycles. The van der Waals surface area contributed by atoms with Gasteiger partial charge in [0.1, 0.15) is 6.54 Å². The molecule has 0 aliphatic carbocycles. The van der Waals surface area contributed by atoms with Crippen LogP contribution in [0.5, 0.6) is 0 Å². The Morgan fingerprint density at radius 1 is 1.03 bits per heavy atom. The zero-order valence-electron chi connectivity index (χ0n) is 16.4. The van der Waals surface area contributed by atoms with Gasteiger partial charge in [0.25, 0.3) is 11.8 Å². The van der Waals surface area contributed by atoms with E-state index in [9.17, 15) is 14.4 Å². The van der Waals surface area contributed by atoms with E-state index in [0.717, 1.165) is 21.6 Å². The van der Waals surface area contributed by atoms with Crippen LogP contribution in [0.2, 0.25) is 0 Å². The summed E-state index contributed by atoms with van der Waals surface area (Å²) in [6.45, 7) is 5.65. The smallest absolute Gasteiger partial charge is 0.263 e. The van der Waals surface area contributed by atoms with E-state index in [1.54, 1.807) is 12.1 Å². The second-order valence-corrected chi connectivity index (χ2v) is 7.34. The molecule has 0 aromatic heterocycles. The summed E-state index contributed by atoms with van der Waals surface area (Å²) in [7, 11) is 0. The van der Waals surface area contributed by atoms with Gasteiger partial charge in [-0.3, -0.25) is 19.4 Å². The second-order valence-electron chi connectivity index (χ2n) is 7.34. The molecule has 1 fully saturated rings. The summed E-state index contributed by atoms with van der Waals surface area (Å²) >= 11 is 0. The lowest BCUT2D eigenvalue weighted by molar-refractivity contribution is -0.123. The summed E-state index contributed by atoms with van der Waals surface area (Å²) in [6.07, 6.45) is 0. The van der Waals surface area contributed by atoms with Crippen LogP contribution in [0.25, 0.3) is 0 Å². The largest absolute Gasteiger partial charge is 0.324 e. The number of amides is 3. The summed E-state index contributed by atoms with van der Waals surface area (Å²) in [5.41, 5.74) is 4.26. The van der Waals surface area contributed by atoms with E-state index in [-0.39, 0.29) is 12.5 Å². The first kappa shape index (κ1) is 18.8. The summed E-state index contributed by atoms with van der Waals surface area (Å²) < 4.78 is 0. The minimum atomic E-state index is -0.919.